The molecule has 0 aromatic rings. The smallest absolute Gasteiger partial charge is 0.315 e. The van der Waals surface area contributed by atoms with Gasteiger partial charge in [-0.25, -0.2) is 4.79 Å². The van der Waals surface area contributed by atoms with E-state index in [9.17, 15) is 4.79 Å². The third-order valence-electron chi connectivity index (χ3n) is 2.55. The quantitative estimate of drug-likeness (QED) is 0.703. The van der Waals surface area contributed by atoms with Crippen LogP contribution in [0.4, 0.5) is 4.79 Å². The van der Waals surface area contributed by atoms with Gasteiger partial charge >= 0.3 is 6.03 Å². The van der Waals surface area contributed by atoms with Crippen molar-refractivity contribution < 1.29 is 9.53 Å². The van der Waals surface area contributed by atoms with Gasteiger partial charge in [0.25, 0.3) is 0 Å². The van der Waals surface area contributed by atoms with Crippen molar-refractivity contribution in [1.29, 1.82) is 0 Å². The maximum Gasteiger partial charge on any atom is 0.315 e. The number of carbonyl (C=O) groups excluding carboxylic acids is 1. The summed E-state index contributed by atoms with van der Waals surface area (Å²) < 4.78 is 5.47. The number of hydrogen-bond donors (Lipinski definition) is 2. The lowest BCUT2D eigenvalue weighted by Crippen LogP contribution is -2.37. The number of rotatable bonds is 5. The van der Waals surface area contributed by atoms with Gasteiger partial charge in [0.05, 0.1) is 6.10 Å². The molecule has 0 spiro atoms. The van der Waals surface area contributed by atoms with Gasteiger partial charge in [-0.15, -0.1) is 0 Å². The lowest BCUT2D eigenvalue weighted by Gasteiger charge is -2.10. The van der Waals surface area contributed by atoms with Crippen LogP contribution < -0.4 is 10.6 Å². The third kappa shape index (κ3) is 5.75. The summed E-state index contributed by atoms with van der Waals surface area (Å²) in [5.74, 6) is 0. The highest BCUT2D eigenvalue weighted by Crippen LogP contribution is 2.14. The third-order valence-corrected chi connectivity index (χ3v) is 2.55. The van der Waals surface area contributed by atoms with E-state index in [1.807, 2.05) is 19.9 Å². The second-order valence-electron chi connectivity index (χ2n) is 4.34. The van der Waals surface area contributed by atoms with E-state index in [1.54, 1.807) is 0 Å². The number of urea groups is 1. The maximum atomic E-state index is 11.3. The summed E-state index contributed by atoms with van der Waals surface area (Å²) in [6.45, 7) is 6.17. The van der Waals surface area contributed by atoms with E-state index in [4.69, 9.17) is 4.74 Å². The molecule has 0 aromatic carbocycles. The molecule has 1 atom stereocenters. The second-order valence-corrected chi connectivity index (χ2v) is 4.34. The van der Waals surface area contributed by atoms with Crippen LogP contribution in [0.5, 0.6) is 0 Å². The lowest BCUT2D eigenvalue weighted by atomic mass is 10.2. The molecule has 16 heavy (non-hydrogen) atoms. The Morgan fingerprint density at radius 2 is 2.25 bits per heavy atom. The van der Waals surface area contributed by atoms with Crippen molar-refractivity contribution in [2.24, 2.45) is 0 Å². The molecule has 0 aliphatic carbocycles. The number of hydrogen-bond acceptors (Lipinski definition) is 2. The first-order valence-electron chi connectivity index (χ1n) is 5.95. The van der Waals surface area contributed by atoms with Gasteiger partial charge in [-0.3, -0.25) is 0 Å². The van der Waals surface area contributed by atoms with E-state index in [-0.39, 0.29) is 6.03 Å². The van der Waals surface area contributed by atoms with Gasteiger partial charge in [-0.2, -0.15) is 0 Å². The van der Waals surface area contributed by atoms with Crippen LogP contribution in [0.3, 0.4) is 0 Å². The lowest BCUT2D eigenvalue weighted by molar-refractivity contribution is 0.104. The molecule has 1 unspecified atom stereocenters. The van der Waals surface area contributed by atoms with Crippen LogP contribution in [0.15, 0.2) is 11.6 Å². The zero-order valence-electron chi connectivity index (χ0n) is 10.2. The summed E-state index contributed by atoms with van der Waals surface area (Å²) in [6, 6.07) is -0.101. The molecule has 4 nitrogen and oxygen atoms in total. The van der Waals surface area contributed by atoms with E-state index in [1.165, 1.54) is 5.57 Å². The van der Waals surface area contributed by atoms with E-state index < -0.39 is 0 Å². The maximum absolute atomic E-state index is 11.3. The molecule has 4 heteroatoms. The fourth-order valence-corrected chi connectivity index (χ4v) is 1.63. The summed E-state index contributed by atoms with van der Waals surface area (Å²) in [5.41, 5.74) is 1.21. The normalized spacial score (nSPS) is 19.2. The highest BCUT2D eigenvalue weighted by Gasteiger charge is 2.14. The minimum Gasteiger partial charge on any atom is -0.378 e. The number of nitrogens with one attached hydrogen (secondary N) is 2. The Hall–Kier alpha value is -1.03. The molecule has 1 aliphatic rings. The Labute approximate surface area is 97.4 Å². The molecule has 1 fully saturated rings. The van der Waals surface area contributed by atoms with E-state index in [0.717, 1.165) is 25.9 Å². The number of ether oxygens (including phenoxy) is 1. The van der Waals surface area contributed by atoms with Crippen LogP contribution in [-0.2, 0) is 4.74 Å². The fourth-order valence-electron chi connectivity index (χ4n) is 1.63. The number of carbonyl (C=O) groups is 1. The minimum absolute atomic E-state index is 0.101. The Balaban J connectivity index is 1.99. The van der Waals surface area contributed by atoms with Crippen molar-refractivity contribution in [1.82, 2.24) is 10.6 Å². The molecule has 0 bridgehead atoms. The average Bonchev–Trinajstić information content (AvgIpc) is 2.70. The van der Waals surface area contributed by atoms with E-state index in [0.29, 0.717) is 19.2 Å². The summed E-state index contributed by atoms with van der Waals surface area (Å²) in [4.78, 5) is 11.3. The zero-order chi connectivity index (χ0) is 11.8. The van der Waals surface area contributed by atoms with Crippen LogP contribution in [0.25, 0.3) is 0 Å². The number of amides is 2. The molecule has 0 aromatic heterocycles. The summed E-state index contributed by atoms with van der Waals surface area (Å²) in [6.07, 6.45) is 5.52. The molecule has 1 aliphatic heterocycles. The largest absolute Gasteiger partial charge is 0.378 e. The molecule has 2 amide bonds. The highest BCUT2D eigenvalue weighted by atomic mass is 16.5. The molecule has 0 saturated carbocycles. The van der Waals surface area contributed by atoms with Crippen LogP contribution in [0.1, 0.15) is 33.1 Å². The molecule has 2 N–H and O–H groups in total. The monoisotopic (exact) mass is 226 g/mol. The predicted molar refractivity (Wildman–Crippen MR) is 64.4 cm³/mol. The van der Waals surface area contributed by atoms with Gasteiger partial charge in [0, 0.05) is 19.7 Å². The Kier molecular flexibility index (Phi) is 5.93. The van der Waals surface area contributed by atoms with Gasteiger partial charge in [-0.1, -0.05) is 11.6 Å². The van der Waals surface area contributed by atoms with Crippen LogP contribution in [0.2, 0.25) is 0 Å². The standard InChI is InChI=1S/C12H22N2O2/c1-10(2)5-7-13-12(15)14-8-6-11-4-3-9-16-11/h5,11H,3-4,6-9H2,1-2H3,(H2,13,14,15). The first-order valence-corrected chi connectivity index (χ1v) is 5.95. The summed E-state index contributed by atoms with van der Waals surface area (Å²) in [5, 5.41) is 5.60. The number of allylic oxidation sites excluding steroid dienone is 1. The van der Waals surface area contributed by atoms with Crippen molar-refractivity contribution in [3.63, 3.8) is 0 Å². The van der Waals surface area contributed by atoms with Crippen molar-refractivity contribution in [3.8, 4) is 0 Å². The van der Waals surface area contributed by atoms with Gasteiger partial charge in [-0.05, 0) is 33.1 Å². The molecular formula is C12H22N2O2. The Bertz CT molecular complexity index is 241. The predicted octanol–water partition coefficient (Wildman–Crippen LogP) is 1.82. The molecule has 1 rings (SSSR count). The van der Waals surface area contributed by atoms with Crippen molar-refractivity contribution >= 4 is 6.03 Å². The van der Waals surface area contributed by atoms with E-state index >= 15 is 0 Å². The molecule has 0 radical (unpaired) electrons. The first-order chi connectivity index (χ1) is 7.68. The zero-order valence-corrected chi connectivity index (χ0v) is 10.2. The van der Waals surface area contributed by atoms with Crippen molar-refractivity contribution in [2.45, 2.75) is 39.2 Å². The minimum atomic E-state index is -0.101. The van der Waals surface area contributed by atoms with Crippen LogP contribution >= 0.6 is 0 Å². The van der Waals surface area contributed by atoms with Gasteiger partial charge in [0.15, 0.2) is 0 Å². The topological polar surface area (TPSA) is 50.4 Å². The highest BCUT2D eigenvalue weighted by molar-refractivity contribution is 5.73. The Morgan fingerprint density at radius 1 is 1.44 bits per heavy atom. The van der Waals surface area contributed by atoms with Crippen LogP contribution in [-0.4, -0.2) is 31.8 Å². The fraction of sp³-hybridized carbons (Fsp3) is 0.750. The van der Waals surface area contributed by atoms with E-state index in [2.05, 4.69) is 10.6 Å². The van der Waals surface area contributed by atoms with Gasteiger partial charge in [0.1, 0.15) is 0 Å². The molecule has 1 saturated heterocycles. The summed E-state index contributed by atoms with van der Waals surface area (Å²) in [7, 11) is 0. The molecule has 92 valence electrons. The van der Waals surface area contributed by atoms with Gasteiger partial charge < -0.3 is 15.4 Å². The summed E-state index contributed by atoms with van der Waals surface area (Å²) >= 11 is 0. The SMILES string of the molecule is CC(C)=CCNC(=O)NCCC1CCCO1. The first kappa shape index (κ1) is 13.0. The van der Waals surface area contributed by atoms with Crippen molar-refractivity contribution in [2.75, 3.05) is 19.7 Å². The van der Waals surface area contributed by atoms with Crippen LogP contribution in [0, 0.1) is 0 Å². The average molecular weight is 226 g/mol. The van der Waals surface area contributed by atoms with Gasteiger partial charge in [0.2, 0.25) is 0 Å². The van der Waals surface area contributed by atoms with Crippen molar-refractivity contribution in [3.05, 3.63) is 11.6 Å². The second kappa shape index (κ2) is 7.28. The molecular weight excluding hydrogens is 204 g/mol. The molecule has 1 heterocycles. The Morgan fingerprint density at radius 3 is 2.88 bits per heavy atom.